The maximum Gasteiger partial charge on any atom is 0.0878 e. The molecule has 0 unspecified atom stereocenters. The van der Waals surface area contributed by atoms with Gasteiger partial charge in [-0.2, -0.15) is 0 Å². The summed E-state index contributed by atoms with van der Waals surface area (Å²) < 4.78 is 0. The molecule has 1 aliphatic rings. The predicted octanol–water partition coefficient (Wildman–Crippen LogP) is 4.03. The predicted molar refractivity (Wildman–Crippen MR) is 87.7 cm³/mol. The Morgan fingerprint density at radius 2 is 2.00 bits per heavy atom. The van der Waals surface area contributed by atoms with E-state index in [2.05, 4.69) is 17.1 Å². The summed E-state index contributed by atoms with van der Waals surface area (Å²) in [4.78, 5) is 15.0. The van der Waals surface area contributed by atoms with Crippen molar-refractivity contribution >= 4 is 34.6 Å². The number of pyridine rings is 2. The molecule has 4 heteroatoms. The number of thioether (sulfide) groups is 1. The van der Waals surface area contributed by atoms with Gasteiger partial charge in [0.1, 0.15) is 0 Å². The zero-order chi connectivity index (χ0) is 14.1. The lowest BCUT2D eigenvalue weighted by Crippen LogP contribution is -1.90. The van der Waals surface area contributed by atoms with Crippen molar-refractivity contribution in [2.24, 2.45) is 4.99 Å². The van der Waals surface area contributed by atoms with Crippen molar-refractivity contribution in [2.75, 3.05) is 5.75 Å². The molecular formula is C17H13N3S. The zero-order valence-corrected chi connectivity index (χ0v) is 12.2. The first-order valence-electron chi connectivity index (χ1n) is 6.91. The molecule has 0 radical (unpaired) electrons. The maximum absolute atomic E-state index is 4.76. The molecule has 1 aliphatic heterocycles. The van der Waals surface area contributed by atoms with Gasteiger partial charge in [-0.1, -0.05) is 24.3 Å². The molecule has 102 valence electrons. The van der Waals surface area contributed by atoms with Gasteiger partial charge in [-0.25, -0.2) is 0 Å². The van der Waals surface area contributed by atoms with E-state index < -0.39 is 0 Å². The highest BCUT2D eigenvalue weighted by Crippen LogP contribution is 2.42. The molecule has 0 saturated carbocycles. The number of hydrogen-bond acceptors (Lipinski definition) is 4. The summed E-state index contributed by atoms with van der Waals surface area (Å²) in [5.74, 6) is 1.09. The van der Waals surface area contributed by atoms with Crippen molar-refractivity contribution in [1.82, 2.24) is 9.97 Å². The molecule has 3 aromatic rings. The Balaban J connectivity index is 1.89. The van der Waals surface area contributed by atoms with Gasteiger partial charge < -0.3 is 0 Å². The van der Waals surface area contributed by atoms with E-state index >= 15 is 0 Å². The minimum Gasteiger partial charge on any atom is -0.255 e. The van der Waals surface area contributed by atoms with E-state index in [9.17, 15) is 0 Å². The van der Waals surface area contributed by atoms with Crippen molar-refractivity contribution in [3.63, 3.8) is 0 Å². The molecule has 2 aromatic heterocycles. The lowest BCUT2D eigenvalue weighted by atomic mass is 10.1. The SMILES string of the molecule is C(=N\c1c2c(nc3ccccc13)CCS2)/c1ccccn1. The quantitative estimate of drug-likeness (QED) is 0.669. The molecule has 0 N–H and O–H groups in total. The third-order valence-corrected chi connectivity index (χ3v) is 4.62. The highest BCUT2D eigenvalue weighted by molar-refractivity contribution is 7.99. The van der Waals surface area contributed by atoms with Crippen LogP contribution in [0.2, 0.25) is 0 Å². The molecule has 0 aliphatic carbocycles. The van der Waals surface area contributed by atoms with E-state index in [-0.39, 0.29) is 0 Å². The minimum absolute atomic E-state index is 0.871. The average molecular weight is 291 g/mol. The van der Waals surface area contributed by atoms with Gasteiger partial charge in [0.2, 0.25) is 0 Å². The molecule has 4 rings (SSSR count). The van der Waals surface area contributed by atoms with Crippen LogP contribution < -0.4 is 0 Å². The zero-order valence-electron chi connectivity index (χ0n) is 11.4. The molecule has 21 heavy (non-hydrogen) atoms. The fraction of sp³-hybridized carbons (Fsp3) is 0.118. The van der Waals surface area contributed by atoms with Crippen LogP contribution in [0.15, 0.2) is 58.5 Å². The largest absolute Gasteiger partial charge is 0.255 e. The van der Waals surface area contributed by atoms with Crippen molar-refractivity contribution in [3.8, 4) is 0 Å². The summed E-state index contributed by atoms with van der Waals surface area (Å²) in [6.07, 6.45) is 4.64. The molecular weight excluding hydrogens is 278 g/mol. The van der Waals surface area contributed by atoms with Gasteiger partial charge in [0, 0.05) is 23.8 Å². The molecule has 0 amide bonds. The van der Waals surface area contributed by atoms with Gasteiger partial charge in [-0.15, -0.1) is 11.8 Å². The van der Waals surface area contributed by atoms with Crippen LogP contribution in [0.1, 0.15) is 11.4 Å². The number of aryl methyl sites for hydroxylation is 1. The van der Waals surface area contributed by atoms with Crippen LogP contribution in [0.3, 0.4) is 0 Å². The van der Waals surface area contributed by atoms with E-state index in [1.165, 1.54) is 10.6 Å². The smallest absolute Gasteiger partial charge is 0.0878 e. The third-order valence-electron chi connectivity index (χ3n) is 3.49. The average Bonchev–Trinajstić information content (AvgIpc) is 3.00. The normalized spacial score (nSPS) is 13.9. The molecule has 0 spiro atoms. The number of fused-ring (bicyclic) bond motifs is 2. The molecule has 0 saturated heterocycles. The molecule has 0 fully saturated rings. The van der Waals surface area contributed by atoms with E-state index in [1.807, 2.05) is 48.3 Å². The monoisotopic (exact) mass is 291 g/mol. The van der Waals surface area contributed by atoms with Crippen LogP contribution >= 0.6 is 11.8 Å². The van der Waals surface area contributed by atoms with E-state index in [0.29, 0.717) is 0 Å². The van der Waals surface area contributed by atoms with Crippen LogP contribution in [-0.2, 0) is 6.42 Å². The summed E-state index contributed by atoms with van der Waals surface area (Å²) in [7, 11) is 0. The molecule has 3 heterocycles. The summed E-state index contributed by atoms with van der Waals surface area (Å²) in [5.41, 5.74) is 4.10. The summed E-state index contributed by atoms with van der Waals surface area (Å²) >= 11 is 1.85. The second-order valence-electron chi connectivity index (χ2n) is 4.86. The molecule has 1 aromatic carbocycles. The topological polar surface area (TPSA) is 38.1 Å². The van der Waals surface area contributed by atoms with Crippen LogP contribution in [0.25, 0.3) is 10.9 Å². The summed E-state index contributed by atoms with van der Waals surface area (Å²) in [5, 5.41) is 1.11. The van der Waals surface area contributed by atoms with Gasteiger partial charge in [-0.05, 0) is 18.2 Å². The third kappa shape index (κ3) is 2.32. The second-order valence-corrected chi connectivity index (χ2v) is 5.97. The fourth-order valence-corrected chi connectivity index (χ4v) is 3.62. The van der Waals surface area contributed by atoms with Crippen molar-refractivity contribution in [2.45, 2.75) is 11.3 Å². The highest BCUT2D eigenvalue weighted by Gasteiger charge is 2.19. The molecule has 3 nitrogen and oxygen atoms in total. The number of para-hydroxylation sites is 1. The summed E-state index contributed by atoms with van der Waals surface area (Å²) in [6, 6.07) is 14.0. The molecule has 0 bridgehead atoms. The van der Waals surface area contributed by atoms with Crippen LogP contribution in [0, 0.1) is 0 Å². The Hall–Kier alpha value is -2.20. The van der Waals surface area contributed by atoms with Gasteiger partial charge in [-0.3, -0.25) is 15.0 Å². The highest BCUT2D eigenvalue weighted by atomic mass is 32.2. The number of rotatable bonds is 2. The number of aliphatic imine (C=N–C) groups is 1. The Labute approximate surface area is 127 Å². The van der Waals surface area contributed by atoms with Crippen molar-refractivity contribution in [3.05, 3.63) is 60.0 Å². The van der Waals surface area contributed by atoms with Crippen LogP contribution in [-0.4, -0.2) is 21.9 Å². The fourth-order valence-electron chi connectivity index (χ4n) is 2.51. The van der Waals surface area contributed by atoms with Gasteiger partial charge in [0.15, 0.2) is 0 Å². The number of hydrogen-bond donors (Lipinski definition) is 0. The van der Waals surface area contributed by atoms with Crippen LogP contribution in [0.4, 0.5) is 5.69 Å². The lowest BCUT2D eigenvalue weighted by Gasteiger charge is -2.07. The number of aromatic nitrogens is 2. The van der Waals surface area contributed by atoms with Gasteiger partial charge in [0.05, 0.1) is 33.7 Å². The Bertz CT molecular complexity index is 828. The Kier molecular flexibility index (Phi) is 3.16. The minimum atomic E-state index is 0.871. The first-order valence-corrected chi connectivity index (χ1v) is 7.90. The van der Waals surface area contributed by atoms with E-state index in [1.54, 1.807) is 6.20 Å². The van der Waals surface area contributed by atoms with Crippen molar-refractivity contribution in [1.29, 1.82) is 0 Å². The standard InChI is InChI=1S/C17H13N3S/c1-2-7-14-13(6-1)16(17-15(20-14)8-10-21-17)19-11-12-5-3-4-9-18-12/h1-7,9,11H,8,10H2/b19-11+. The van der Waals surface area contributed by atoms with Crippen LogP contribution in [0.5, 0.6) is 0 Å². The van der Waals surface area contributed by atoms with Gasteiger partial charge >= 0.3 is 0 Å². The number of nitrogens with zero attached hydrogens (tertiary/aromatic N) is 3. The summed E-state index contributed by atoms with van der Waals surface area (Å²) in [6.45, 7) is 0. The van der Waals surface area contributed by atoms with E-state index in [4.69, 9.17) is 9.98 Å². The van der Waals surface area contributed by atoms with Crippen molar-refractivity contribution < 1.29 is 0 Å². The van der Waals surface area contributed by atoms with E-state index in [0.717, 1.165) is 34.5 Å². The first-order chi connectivity index (χ1) is 10.4. The number of benzene rings is 1. The lowest BCUT2D eigenvalue weighted by molar-refractivity contribution is 1.05. The van der Waals surface area contributed by atoms with Gasteiger partial charge in [0.25, 0.3) is 0 Å². The Morgan fingerprint density at radius 1 is 1.10 bits per heavy atom. The maximum atomic E-state index is 4.76. The first kappa shape index (κ1) is 12.5. The Morgan fingerprint density at radius 3 is 2.90 bits per heavy atom. The second kappa shape index (κ2) is 5.30. The molecule has 0 atom stereocenters.